The molecule has 1 aliphatic rings. The summed E-state index contributed by atoms with van der Waals surface area (Å²) in [6.07, 6.45) is 4.34. The average molecular weight is 484 g/mol. The first-order valence-corrected chi connectivity index (χ1v) is 10.8. The Balaban J connectivity index is 1.25. The maximum Gasteiger partial charge on any atom is 0.264 e. The van der Waals surface area contributed by atoms with Crippen LogP contribution in [0, 0.1) is 5.82 Å². The lowest BCUT2D eigenvalue weighted by Gasteiger charge is -2.11. The number of nitrogens with one attached hydrogen (secondary N) is 1. The minimum atomic E-state index is -0.351. The van der Waals surface area contributed by atoms with Crippen molar-refractivity contribution in [1.82, 2.24) is 24.5 Å². The van der Waals surface area contributed by atoms with Gasteiger partial charge in [0.1, 0.15) is 17.9 Å². The van der Waals surface area contributed by atoms with Crippen molar-refractivity contribution in [2.45, 2.75) is 0 Å². The van der Waals surface area contributed by atoms with E-state index in [-0.39, 0.29) is 18.2 Å². The molecule has 1 aliphatic heterocycles. The second kappa shape index (κ2) is 8.62. The maximum absolute atomic E-state index is 13.1. The third kappa shape index (κ3) is 3.92. The minimum Gasteiger partial charge on any atom is -0.454 e. The highest BCUT2D eigenvalue weighted by molar-refractivity contribution is 5.87. The number of rotatable bonds is 5. The summed E-state index contributed by atoms with van der Waals surface area (Å²) in [6, 6.07) is 12.7. The van der Waals surface area contributed by atoms with Crippen LogP contribution in [-0.4, -0.2) is 31.3 Å². The molecule has 6 rings (SSSR count). The number of nitrogens with zero attached hydrogens (tertiary/aromatic N) is 5. The van der Waals surface area contributed by atoms with E-state index in [0.29, 0.717) is 56.9 Å². The lowest BCUT2D eigenvalue weighted by Crippen LogP contribution is -2.22. The molecule has 178 valence electrons. The van der Waals surface area contributed by atoms with E-state index in [4.69, 9.17) is 14.2 Å². The van der Waals surface area contributed by atoms with Gasteiger partial charge in [0.2, 0.25) is 18.6 Å². The Kier molecular flexibility index (Phi) is 5.14. The largest absolute Gasteiger partial charge is 0.454 e. The molecule has 0 atom stereocenters. The number of anilines is 2. The minimum absolute atomic E-state index is 0.151. The van der Waals surface area contributed by atoms with E-state index in [1.54, 1.807) is 43.4 Å². The summed E-state index contributed by atoms with van der Waals surface area (Å²) < 4.78 is 31.3. The molecule has 0 fully saturated rings. The molecule has 0 unspecified atom stereocenters. The Hall–Kier alpha value is -5.06. The predicted molar refractivity (Wildman–Crippen MR) is 128 cm³/mol. The number of benzene rings is 2. The number of fused-ring (bicyclic) bond motifs is 2. The summed E-state index contributed by atoms with van der Waals surface area (Å²) in [5.74, 6) is 1.93. The second-order valence-electron chi connectivity index (χ2n) is 7.87. The van der Waals surface area contributed by atoms with Crippen molar-refractivity contribution < 1.29 is 18.6 Å². The molecule has 4 heterocycles. The fourth-order valence-electron chi connectivity index (χ4n) is 3.71. The number of hydrogen-bond acceptors (Lipinski definition) is 9. The fraction of sp³-hybridized carbons (Fsp3) is 0.0800. The molecule has 0 saturated carbocycles. The van der Waals surface area contributed by atoms with Gasteiger partial charge in [0.15, 0.2) is 11.5 Å². The van der Waals surface area contributed by atoms with E-state index in [2.05, 4.69) is 25.3 Å². The van der Waals surface area contributed by atoms with Gasteiger partial charge in [-0.1, -0.05) is 0 Å². The standard InChI is InChI=1S/C25H17FN6O4/c1-32-24(33)18(11-28-25(32)31-15-4-2-14(26)3-5-15)19-7-6-16(10-27-19)36-23-17-8-21-22(35-13-34-21)9-20(17)29-12-30-23/h2-12H,13H2,1H3,(H,28,31). The highest BCUT2D eigenvalue weighted by Gasteiger charge is 2.18. The number of ether oxygens (including phenoxy) is 3. The summed E-state index contributed by atoms with van der Waals surface area (Å²) in [5, 5.41) is 3.66. The number of hydrogen-bond donors (Lipinski definition) is 1. The molecular weight excluding hydrogens is 467 g/mol. The van der Waals surface area contributed by atoms with Gasteiger partial charge in [-0.05, 0) is 42.5 Å². The molecule has 36 heavy (non-hydrogen) atoms. The second-order valence-corrected chi connectivity index (χ2v) is 7.87. The van der Waals surface area contributed by atoms with E-state index in [1.165, 1.54) is 35.4 Å². The first kappa shape index (κ1) is 21.5. The molecular formula is C25H17FN6O4. The molecule has 0 radical (unpaired) electrons. The third-order valence-electron chi connectivity index (χ3n) is 5.59. The zero-order valence-electron chi connectivity index (χ0n) is 18.8. The van der Waals surface area contributed by atoms with E-state index >= 15 is 0 Å². The van der Waals surface area contributed by atoms with Crippen molar-refractivity contribution in [2.24, 2.45) is 7.05 Å². The Morgan fingerprint density at radius 1 is 0.972 bits per heavy atom. The molecule has 5 aromatic rings. The molecule has 11 heteroatoms. The van der Waals surface area contributed by atoms with Crippen molar-refractivity contribution in [3.8, 4) is 34.4 Å². The van der Waals surface area contributed by atoms with Crippen LogP contribution in [0.3, 0.4) is 0 Å². The first-order chi connectivity index (χ1) is 17.5. The normalized spacial score (nSPS) is 12.1. The first-order valence-electron chi connectivity index (χ1n) is 10.8. The van der Waals surface area contributed by atoms with E-state index in [1.807, 2.05) is 0 Å². The molecule has 10 nitrogen and oxygen atoms in total. The van der Waals surface area contributed by atoms with Crippen LogP contribution in [0.2, 0.25) is 0 Å². The quantitative estimate of drug-likeness (QED) is 0.392. The molecule has 3 aromatic heterocycles. The number of halogens is 1. The molecule has 0 bridgehead atoms. The smallest absolute Gasteiger partial charge is 0.264 e. The Bertz CT molecular complexity index is 1660. The Labute approximate surface area is 203 Å². The molecule has 0 saturated heterocycles. The van der Waals surface area contributed by atoms with Gasteiger partial charge >= 0.3 is 0 Å². The Morgan fingerprint density at radius 3 is 2.56 bits per heavy atom. The Morgan fingerprint density at radius 2 is 1.78 bits per heavy atom. The van der Waals surface area contributed by atoms with Crippen molar-refractivity contribution in [1.29, 1.82) is 0 Å². The monoisotopic (exact) mass is 484 g/mol. The van der Waals surface area contributed by atoms with Gasteiger partial charge in [0.25, 0.3) is 5.56 Å². The lowest BCUT2D eigenvalue weighted by molar-refractivity contribution is 0.174. The van der Waals surface area contributed by atoms with E-state index in [0.717, 1.165) is 0 Å². The van der Waals surface area contributed by atoms with Crippen LogP contribution in [-0.2, 0) is 7.05 Å². The summed E-state index contributed by atoms with van der Waals surface area (Å²) in [5.41, 5.74) is 1.70. The molecule has 0 amide bonds. The zero-order chi connectivity index (χ0) is 24.6. The van der Waals surface area contributed by atoms with Gasteiger partial charge in [-0.3, -0.25) is 14.3 Å². The van der Waals surface area contributed by atoms with Crippen LogP contribution in [0.5, 0.6) is 23.1 Å². The topological polar surface area (TPSA) is 113 Å². The van der Waals surface area contributed by atoms with Gasteiger partial charge in [0, 0.05) is 25.0 Å². The van der Waals surface area contributed by atoms with Gasteiger partial charge in [-0.25, -0.2) is 19.3 Å². The average Bonchev–Trinajstić information content (AvgIpc) is 3.35. The summed E-state index contributed by atoms with van der Waals surface area (Å²) in [4.78, 5) is 30.2. The van der Waals surface area contributed by atoms with Gasteiger partial charge in [-0.2, -0.15) is 0 Å². The maximum atomic E-state index is 13.1. The lowest BCUT2D eigenvalue weighted by atomic mass is 10.2. The van der Waals surface area contributed by atoms with Crippen LogP contribution in [0.15, 0.2) is 72.0 Å². The summed E-state index contributed by atoms with van der Waals surface area (Å²) in [7, 11) is 1.59. The highest BCUT2D eigenvalue weighted by Crippen LogP contribution is 2.38. The van der Waals surface area contributed by atoms with E-state index < -0.39 is 0 Å². The van der Waals surface area contributed by atoms with Crippen LogP contribution < -0.4 is 25.1 Å². The summed E-state index contributed by atoms with van der Waals surface area (Å²) in [6.45, 7) is 0.151. The number of aromatic nitrogens is 5. The molecule has 0 spiro atoms. The SMILES string of the molecule is Cn1c(Nc2ccc(F)cc2)ncc(-c2ccc(Oc3ncnc4cc5c(cc34)OCO5)cn2)c1=O. The van der Waals surface area contributed by atoms with Crippen LogP contribution >= 0.6 is 0 Å². The van der Waals surface area contributed by atoms with E-state index in [9.17, 15) is 9.18 Å². The molecule has 0 aliphatic carbocycles. The zero-order valence-corrected chi connectivity index (χ0v) is 18.8. The summed E-state index contributed by atoms with van der Waals surface area (Å²) >= 11 is 0. The van der Waals surface area contributed by atoms with Gasteiger partial charge in [0.05, 0.1) is 28.4 Å². The van der Waals surface area contributed by atoms with Gasteiger partial charge in [-0.15, -0.1) is 0 Å². The van der Waals surface area contributed by atoms with Crippen LogP contribution in [0.25, 0.3) is 22.2 Å². The molecule has 2 aromatic carbocycles. The van der Waals surface area contributed by atoms with Crippen molar-refractivity contribution in [2.75, 3.05) is 12.1 Å². The predicted octanol–water partition coefficient (Wildman–Crippen LogP) is 4.19. The fourth-order valence-corrected chi connectivity index (χ4v) is 3.71. The van der Waals surface area contributed by atoms with Crippen molar-refractivity contribution >= 4 is 22.5 Å². The highest BCUT2D eigenvalue weighted by atomic mass is 19.1. The molecule has 1 N–H and O–H groups in total. The number of pyridine rings is 1. The van der Waals surface area contributed by atoms with Crippen molar-refractivity contribution in [3.05, 3.63) is 83.4 Å². The van der Waals surface area contributed by atoms with Gasteiger partial charge < -0.3 is 19.5 Å². The third-order valence-corrected chi connectivity index (χ3v) is 5.59. The van der Waals surface area contributed by atoms with Crippen molar-refractivity contribution in [3.63, 3.8) is 0 Å². The van der Waals surface area contributed by atoms with Crippen LogP contribution in [0.4, 0.5) is 16.0 Å². The van der Waals surface area contributed by atoms with Crippen LogP contribution in [0.1, 0.15) is 0 Å².